The van der Waals surface area contributed by atoms with Crippen molar-refractivity contribution < 1.29 is 19.1 Å². The zero-order valence-corrected chi connectivity index (χ0v) is 16.1. The summed E-state index contributed by atoms with van der Waals surface area (Å²) in [5.41, 5.74) is 1.09. The molecule has 1 spiro atoms. The Morgan fingerprint density at radius 2 is 1.93 bits per heavy atom. The summed E-state index contributed by atoms with van der Waals surface area (Å²) < 4.78 is 11.0. The van der Waals surface area contributed by atoms with Crippen LogP contribution in [0.1, 0.15) is 39.1 Å². The van der Waals surface area contributed by atoms with Crippen LogP contribution in [0.4, 0.5) is 0 Å². The molecule has 2 heterocycles. The van der Waals surface area contributed by atoms with E-state index < -0.39 is 5.60 Å². The molecule has 0 bridgehead atoms. The highest BCUT2D eigenvalue weighted by atomic mass is 35.5. The van der Waals surface area contributed by atoms with Crippen LogP contribution in [-0.4, -0.2) is 37.0 Å². The Kier molecular flexibility index (Phi) is 4.52. The van der Waals surface area contributed by atoms with Crippen molar-refractivity contribution in [3.8, 4) is 5.75 Å². The van der Waals surface area contributed by atoms with Crippen LogP contribution in [0.25, 0.3) is 0 Å². The van der Waals surface area contributed by atoms with Gasteiger partial charge in [-0.25, -0.2) is 4.79 Å². The van der Waals surface area contributed by atoms with Crippen molar-refractivity contribution >= 4 is 35.1 Å². The van der Waals surface area contributed by atoms with E-state index in [1.54, 1.807) is 36.3 Å². The molecule has 1 saturated heterocycles. The van der Waals surface area contributed by atoms with Crippen LogP contribution in [0.5, 0.6) is 5.75 Å². The lowest BCUT2D eigenvalue weighted by Crippen LogP contribution is -2.45. The van der Waals surface area contributed by atoms with Gasteiger partial charge in [-0.1, -0.05) is 35.3 Å². The molecular weight excluding hydrogens is 389 g/mol. The fraction of sp³-hybridized carbons (Fsp3) is 0.300. The predicted molar refractivity (Wildman–Crippen MR) is 102 cm³/mol. The highest BCUT2D eigenvalue weighted by Gasteiger charge is 2.48. The highest BCUT2D eigenvalue weighted by molar-refractivity contribution is 6.43. The highest BCUT2D eigenvalue weighted by Crippen LogP contribution is 2.45. The first-order valence-electron chi connectivity index (χ1n) is 8.60. The molecule has 1 fully saturated rings. The van der Waals surface area contributed by atoms with Crippen molar-refractivity contribution in [2.24, 2.45) is 0 Å². The molecule has 0 atom stereocenters. The minimum Gasteiger partial charge on any atom is -0.497 e. The Hall–Kier alpha value is -2.24. The van der Waals surface area contributed by atoms with Gasteiger partial charge in [-0.15, -0.1) is 0 Å². The summed E-state index contributed by atoms with van der Waals surface area (Å²) in [6.45, 7) is 0.918. The summed E-state index contributed by atoms with van der Waals surface area (Å²) in [4.78, 5) is 26.9. The quantitative estimate of drug-likeness (QED) is 0.698. The van der Waals surface area contributed by atoms with E-state index in [1.165, 1.54) is 0 Å². The van der Waals surface area contributed by atoms with Crippen LogP contribution in [-0.2, 0) is 10.3 Å². The molecule has 2 aliphatic heterocycles. The van der Waals surface area contributed by atoms with Crippen molar-refractivity contribution in [1.82, 2.24) is 4.90 Å². The van der Waals surface area contributed by atoms with Crippen molar-refractivity contribution in [3.05, 3.63) is 63.1 Å². The number of amides is 1. The van der Waals surface area contributed by atoms with Gasteiger partial charge in [0, 0.05) is 31.5 Å². The van der Waals surface area contributed by atoms with Crippen LogP contribution in [0.15, 0.2) is 36.4 Å². The largest absolute Gasteiger partial charge is 0.497 e. The van der Waals surface area contributed by atoms with Crippen molar-refractivity contribution in [2.45, 2.75) is 18.4 Å². The monoisotopic (exact) mass is 405 g/mol. The predicted octanol–water partition coefficient (Wildman–Crippen LogP) is 4.30. The van der Waals surface area contributed by atoms with Gasteiger partial charge in [0.2, 0.25) is 0 Å². The maximum absolute atomic E-state index is 12.8. The molecule has 0 aromatic heterocycles. The number of piperidine rings is 1. The van der Waals surface area contributed by atoms with E-state index in [0.29, 0.717) is 47.8 Å². The lowest BCUT2D eigenvalue weighted by atomic mass is 9.83. The number of likely N-dealkylation sites (tertiary alicyclic amines) is 1. The maximum Gasteiger partial charge on any atom is 0.339 e. The van der Waals surface area contributed by atoms with Crippen molar-refractivity contribution in [2.75, 3.05) is 20.2 Å². The zero-order chi connectivity index (χ0) is 19.2. The normalized spacial score (nSPS) is 17.6. The van der Waals surface area contributed by atoms with Crippen LogP contribution in [0.2, 0.25) is 10.0 Å². The third kappa shape index (κ3) is 2.95. The first kappa shape index (κ1) is 18.1. The Morgan fingerprint density at radius 1 is 1.19 bits per heavy atom. The first-order valence-corrected chi connectivity index (χ1v) is 9.36. The average Bonchev–Trinajstić information content (AvgIpc) is 2.95. The SMILES string of the molecule is COc1ccc2c(c1)C(=O)OC21CCN(C(=O)c2cccc(Cl)c2Cl)CC1. The molecule has 5 nitrogen and oxygen atoms in total. The fourth-order valence-corrected chi connectivity index (χ4v) is 4.17. The van der Waals surface area contributed by atoms with Gasteiger partial charge in [0.15, 0.2) is 0 Å². The second-order valence-corrected chi connectivity index (χ2v) is 7.47. The molecule has 2 aromatic rings. The van der Waals surface area contributed by atoms with Crippen molar-refractivity contribution in [1.29, 1.82) is 0 Å². The molecule has 0 N–H and O–H groups in total. The molecule has 2 aromatic carbocycles. The van der Waals surface area contributed by atoms with Gasteiger partial charge in [-0.3, -0.25) is 4.79 Å². The first-order chi connectivity index (χ1) is 12.9. The summed E-state index contributed by atoms with van der Waals surface area (Å²) in [5.74, 6) is 0.101. The number of esters is 1. The molecule has 140 valence electrons. The van der Waals surface area contributed by atoms with Crippen LogP contribution < -0.4 is 4.74 Å². The van der Waals surface area contributed by atoms with Gasteiger partial charge in [0.1, 0.15) is 11.4 Å². The van der Waals surface area contributed by atoms with E-state index in [2.05, 4.69) is 0 Å². The Labute approximate surface area is 166 Å². The minimum atomic E-state index is -0.687. The number of ether oxygens (including phenoxy) is 2. The average molecular weight is 406 g/mol. The number of fused-ring (bicyclic) bond motifs is 2. The number of halogens is 2. The number of hydrogen-bond donors (Lipinski definition) is 0. The number of methoxy groups -OCH3 is 1. The molecular formula is C20H17Cl2NO4. The molecule has 0 saturated carbocycles. The van der Waals surface area contributed by atoms with Gasteiger partial charge < -0.3 is 14.4 Å². The van der Waals surface area contributed by atoms with E-state index >= 15 is 0 Å². The molecule has 27 heavy (non-hydrogen) atoms. The third-order valence-corrected chi connectivity index (χ3v) is 6.08. The molecule has 7 heteroatoms. The molecule has 1 amide bonds. The van der Waals surface area contributed by atoms with Gasteiger partial charge in [-0.2, -0.15) is 0 Å². The smallest absolute Gasteiger partial charge is 0.339 e. The van der Waals surface area contributed by atoms with E-state index in [4.69, 9.17) is 32.7 Å². The molecule has 2 aliphatic rings. The Morgan fingerprint density at radius 3 is 2.63 bits per heavy atom. The number of carbonyl (C=O) groups is 2. The van der Waals surface area contributed by atoms with Gasteiger partial charge in [-0.05, 0) is 24.3 Å². The Balaban J connectivity index is 1.56. The Bertz CT molecular complexity index is 936. The molecule has 0 unspecified atom stereocenters. The maximum atomic E-state index is 12.8. The number of carbonyl (C=O) groups excluding carboxylic acids is 2. The number of nitrogens with zero attached hydrogens (tertiary/aromatic N) is 1. The third-order valence-electron chi connectivity index (χ3n) is 5.27. The molecule has 4 rings (SSSR count). The summed E-state index contributed by atoms with van der Waals surface area (Å²) in [6, 6.07) is 10.4. The second kappa shape index (κ2) is 6.73. The minimum absolute atomic E-state index is 0.170. The number of rotatable bonds is 2. The lowest BCUT2D eigenvalue weighted by molar-refractivity contribution is -0.0389. The zero-order valence-electron chi connectivity index (χ0n) is 14.6. The molecule has 0 aliphatic carbocycles. The topological polar surface area (TPSA) is 55.8 Å². The summed E-state index contributed by atoms with van der Waals surface area (Å²) >= 11 is 12.2. The molecule has 0 radical (unpaired) electrons. The van der Waals surface area contributed by atoms with Crippen molar-refractivity contribution in [3.63, 3.8) is 0 Å². The van der Waals surface area contributed by atoms with Crippen LogP contribution in [0, 0.1) is 0 Å². The van der Waals surface area contributed by atoms with E-state index in [0.717, 1.165) is 5.56 Å². The van der Waals surface area contributed by atoms with Gasteiger partial charge in [0.25, 0.3) is 5.91 Å². The lowest BCUT2D eigenvalue weighted by Gasteiger charge is -2.38. The van der Waals surface area contributed by atoms with Crippen LogP contribution in [0.3, 0.4) is 0 Å². The summed E-state index contributed by atoms with van der Waals surface area (Å²) in [6.07, 6.45) is 1.06. The summed E-state index contributed by atoms with van der Waals surface area (Å²) in [7, 11) is 1.56. The van der Waals surface area contributed by atoms with Gasteiger partial charge in [0.05, 0.1) is 28.3 Å². The van der Waals surface area contributed by atoms with Gasteiger partial charge >= 0.3 is 5.97 Å². The standard InChI is InChI=1S/C20H17Cl2NO4/c1-26-12-5-6-15-14(11-12)19(25)27-20(15)7-9-23(10-8-20)18(24)13-3-2-4-16(21)17(13)22/h2-6,11H,7-10H2,1H3. The second-order valence-electron chi connectivity index (χ2n) is 6.69. The number of hydrogen-bond acceptors (Lipinski definition) is 4. The van der Waals surface area contributed by atoms with E-state index in [-0.39, 0.29) is 16.9 Å². The fourth-order valence-electron chi connectivity index (χ4n) is 3.79. The van der Waals surface area contributed by atoms with E-state index in [9.17, 15) is 9.59 Å². The van der Waals surface area contributed by atoms with E-state index in [1.807, 2.05) is 12.1 Å². The summed E-state index contributed by atoms with van der Waals surface area (Å²) in [5, 5.41) is 0.609. The number of benzene rings is 2. The van der Waals surface area contributed by atoms with Crippen LogP contribution >= 0.6 is 23.2 Å².